The zero-order chi connectivity index (χ0) is 29.5. The van der Waals surface area contributed by atoms with Crippen molar-refractivity contribution in [2.75, 3.05) is 6.61 Å². The maximum atomic E-state index is 14.0. The van der Waals surface area contributed by atoms with Crippen LogP contribution in [0.15, 0.2) is 71.6 Å². The van der Waals surface area contributed by atoms with E-state index in [1.165, 1.54) is 24.3 Å². The van der Waals surface area contributed by atoms with E-state index in [1.54, 1.807) is 35.9 Å². The number of benzene rings is 3. The topological polar surface area (TPSA) is 108 Å². The van der Waals surface area contributed by atoms with Gasteiger partial charge in [-0.3, -0.25) is 4.79 Å². The molecule has 0 aliphatic rings. The lowest BCUT2D eigenvalue weighted by Gasteiger charge is -2.20. The zero-order valence-electron chi connectivity index (χ0n) is 22.5. The molecule has 3 aromatic rings. The van der Waals surface area contributed by atoms with Gasteiger partial charge in [0.2, 0.25) is 0 Å². The number of carbonyl (C=O) groups is 1. The Morgan fingerprint density at radius 2 is 1.73 bits per heavy atom. The Kier molecular flexibility index (Phi) is 10.2. The van der Waals surface area contributed by atoms with Crippen LogP contribution < -0.4 is 19.9 Å². The van der Waals surface area contributed by atoms with E-state index < -0.39 is 45.1 Å². The minimum Gasteiger partial charge on any atom is -0.493 e. The van der Waals surface area contributed by atoms with E-state index in [2.05, 4.69) is 13.8 Å². The summed E-state index contributed by atoms with van der Waals surface area (Å²) < 4.78 is 80.4. The number of amides is 1. The summed E-state index contributed by atoms with van der Waals surface area (Å²) in [5, 5.41) is 0. The van der Waals surface area contributed by atoms with Crippen molar-refractivity contribution in [1.29, 1.82) is 0 Å². The lowest BCUT2D eigenvalue weighted by Crippen LogP contribution is -2.30. The predicted molar refractivity (Wildman–Crippen MR) is 145 cm³/mol. The molecule has 216 valence electrons. The van der Waals surface area contributed by atoms with E-state index in [9.17, 15) is 26.4 Å². The molecule has 0 saturated carbocycles. The summed E-state index contributed by atoms with van der Waals surface area (Å²) in [7, 11) is -4.33. The molecule has 1 amide bonds. The third kappa shape index (κ3) is 8.22. The van der Waals surface area contributed by atoms with Crippen molar-refractivity contribution < 1.29 is 35.9 Å². The molecule has 2 unspecified atom stereocenters. The molecule has 0 radical (unpaired) electrons. The number of rotatable bonds is 12. The van der Waals surface area contributed by atoms with Crippen molar-refractivity contribution in [3.63, 3.8) is 0 Å². The van der Waals surface area contributed by atoms with Crippen molar-refractivity contribution in [3.8, 4) is 11.5 Å². The molecule has 0 aromatic heterocycles. The van der Waals surface area contributed by atoms with Gasteiger partial charge in [0.15, 0.2) is 0 Å². The third-order valence-electron chi connectivity index (χ3n) is 6.19. The highest BCUT2D eigenvalue weighted by Crippen LogP contribution is 2.39. The maximum absolute atomic E-state index is 14.0. The summed E-state index contributed by atoms with van der Waals surface area (Å²) >= 11 is 0. The van der Waals surface area contributed by atoms with Gasteiger partial charge in [-0.05, 0) is 72.9 Å². The van der Waals surface area contributed by atoms with Crippen LogP contribution in [0.4, 0.5) is 13.2 Å². The number of ether oxygens (including phenoxy) is 2. The van der Waals surface area contributed by atoms with E-state index in [-0.39, 0.29) is 11.4 Å². The number of sulfonamides is 1. The van der Waals surface area contributed by atoms with Gasteiger partial charge in [-0.2, -0.15) is 13.2 Å². The molecule has 3 N–H and O–H groups in total. The van der Waals surface area contributed by atoms with Gasteiger partial charge in [0.05, 0.1) is 17.1 Å². The van der Waals surface area contributed by atoms with Crippen LogP contribution in [0.1, 0.15) is 66.8 Å². The van der Waals surface area contributed by atoms with Crippen molar-refractivity contribution in [1.82, 2.24) is 4.72 Å². The van der Waals surface area contributed by atoms with Crippen LogP contribution in [0.3, 0.4) is 0 Å². The van der Waals surface area contributed by atoms with E-state index in [0.29, 0.717) is 35.5 Å². The van der Waals surface area contributed by atoms with Crippen molar-refractivity contribution in [3.05, 3.63) is 89.0 Å². The molecular weight excluding hydrogens is 545 g/mol. The van der Waals surface area contributed by atoms with Gasteiger partial charge >= 0.3 is 6.18 Å². The Morgan fingerprint density at radius 3 is 2.35 bits per heavy atom. The summed E-state index contributed by atoms with van der Waals surface area (Å²) in [4.78, 5) is 12.4. The number of hydrogen-bond donors (Lipinski definition) is 2. The highest BCUT2D eigenvalue weighted by atomic mass is 32.2. The van der Waals surface area contributed by atoms with E-state index >= 15 is 0 Å². The van der Waals surface area contributed by atoms with Gasteiger partial charge < -0.3 is 15.2 Å². The van der Waals surface area contributed by atoms with Crippen LogP contribution in [0, 0.1) is 5.92 Å². The molecule has 0 heterocycles. The van der Waals surface area contributed by atoms with E-state index in [0.717, 1.165) is 25.0 Å². The lowest BCUT2D eigenvalue weighted by molar-refractivity contribution is -0.139. The predicted octanol–water partition coefficient (Wildman–Crippen LogP) is 6.24. The van der Waals surface area contributed by atoms with Gasteiger partial charge in [-0.25, -0.2) is 13.1 Å². The van der Waals surface area contributed by atoms with Gasteiger partial charge in [0.1, 0.15) is 17.6 Å². The molecule has 7 nitrogen and oxygen atoms in total. The molecule has 0 spiro atoms. The van der Waals surface area contributed by atoms with Crippen LogP contribution in [0.5, 0.6) is 11.5 Å². The first-order valence-corrected chi connectivity index (χ1v) is 14.3. The van der Waals surface area contributed by atoms with Crippen LogP contribution in [0.2, 0.25) is 0 Å². The highest BCUT2D eigenvalue weighted by molar-refractivity contribution is 7.90. The molecule has 2 atom stereocenters. The molecule has 40 heavy (non-hydrogen) atoms. The fraction of sp³-hybridized carbons (Fsp3) is 0.345. The second kappa shape index (κ2) is 13.2. The van der Waals surface area contributed by atoms with Gasteiger partial charge in [-0.15, -0.1) is 0 Å². The Hall–Kier alpha value is -3.57. The molecule has 0 aliphatic heterocycles. The van der Waals surface area contributed by atoms with Crippen molar-refractivity contribution in [2.45, 2.75) is 57.3 Å². The third-order valence-corrected chi connectivity index (χ3v) is 7.54. The minimum atomic E-state index is -4.87. The highest BCUT2D eigenvalue weighted by Gasteiger charge is 2.36. The molecule has 3 aromatic carbocycles. The number of alkyl halides is 3. The summed E-state index contributed by atoms with van der Waals surface area (Å²) in [6, 6.07) is 15.0. The number of halogens is 3. The summed E-state index contributed by atoms with van der Waals surface area (Å²) in [6.07, 6.45) is -3.60. The Morgan fingerprint density at radius 1 is 1.02 bits per heavy atom. The lowest BCUT2D eigenvalue weighted by atomic mass is 10.1. The van der Waals surface area contributed by atoms with Crippen LogP contribution in [0.25, 0.3) is 0 Å². The molecule has 3 rings (SSSR count). The smallest absolute Gasteiger partial charge is 0.419 e. The normalized spacial score (nSPS) is 13.4. The first-order chi connectivity index (χ1) is 18.8. The molecule has 0 saturated heterocycles. The molecule has 11 heteroatoms. The van der Waals surface area contributed by atoms with E-state index in [1.807, 2.05) is 0 Å². The van der Waals surface area contributed by atoms with Gasteiger partial charge in [-0.1, -0.05) is 44.5 Å². The summed E-state index contributed by atoms with van der Waals surface area (Å²) in [5.74, 6) is -0.772. The maximum Gasteiger partial charge on any atom is 0.419 e. The van der Waals surface area contributed by atoms with Gasteiger partial charge in [0, 0.05) is 12.1 Å². The Bertz CT molecular complexity index is 1410. The minimum absolute atomic E-state index is 0.192. The SMILES string of the molecule is CCCC(C)COc1cccc(C(C)Oc2ccc(C(=O)NS(=O)(=O)c3ccc(CN)cc3)cc2C(F)(F)F)c1. The van der Waals surface area contributed by atoms with Gasteiger partial charge in [0.25, 0.3) is 15.9 Å². The fourth-order valence-electron chi connectivity index (χ4n) is 3.97. The monoisotopic (exact) mass is 578 g/mol. The number of hydrogen-bond acceptors (Lipinski definition) is 6. The number of nitrogens with one attached hydrogen (secondary N) is 1. The Labute approximate surface area is 232 Å². The quantitative estimate of drug-likeness (QED) is 0.264. The first kappa shape index (κ1) is 31.0. The average molecular weight is 579 g/mol. The van der Waals surface area contributed by atoms with Crippen molar-refractivity contribution >= 4 is 15.9 Å². The van der Waals surface area contributed by atoms with Crippen molar-refractivity contribution in [2.24, 2.45) is 11.7 Å². The number of nitrogens with two attached hydrogens (primary N) is 1. The summed E-state index contributed by atoms with van der Waals surface area (Å²) in [5.41, 5.74) is 5.07. The molecule has 0 aliphatic carbocycles. The molecular formula is C29H33F3N2O5S. The number of carbonyl (C=O) groups excluding carboxylic acids is 1. The zero-order valence-corrected chi connectivity index (χ0v) is 23.3. The van der Waals surface area contributed by atoms with Crippen LogP contribution >= 0.6 is 0 Å². The second-order valence-electron chi connectivity index (χ2n) is 9.53. The van der Waals surface area contributed by atoms with Crippen LogP contribution in [-0.4, -0.2) is 20.9 Å². The first-order valence-electron chi connectivity index (χ1n) is 12.8. The second-order valence-corrected chi connectivity index (χ2v) is 11.2. The summed E-state index contributed by atoms with van der Waals surface area (Å²) in [6.45, 7) is 6.48. The average Bonchev–Trinajstić information content (AvgIpc) is 2.91. The Balaban J connectivity index is 1.79. The van der Waals surface area contributed by atoms with E-state index in [4.69, 9.17) is 15.2 Å². The standard InChI is InChI=1S/C29H33F3N2O5S/c1-4-6-19(2)18-38-24-8-5-7-22(15-24)20(3)39-27-14-11-23(16-26(27)29(30,31)32)28(35)34-40(36,37)25-12-9-21(17-33)10-13-25/h5,7-16,19-20H,4,6,17-18,33H2,1-3H3,(H,34,35). The molecule has 0 fully saturated rings. The fourth-order valence-corrected chi connectivity index (χ4v) is 4.94. The molecule has 0 bridgehead atoms. The largest absolute Gasteiger partial charge is 0.493 e. The van der Waals surface area contributed by atoms with Crippen LogP contribution in [-0.2, 0) is 22.7 Å².